The number of nitrogens with one attached hydrogen (secondary N) is 2. The number of anilines is 1. The van der Waals surface area contributed by atoms with Crippen molar-refractivity contribution in [2.45, 2.75) is 39.2 Å². The Morgan fingerprint density at radius 3 is 2.48 bits per heavy atom. The van der Waals surface area contributed by atoms with Gasteiger partial charge < -0.3 is 10.6 Å². The van der Waals surface area contributed by atoms with Gasteiger partial charge >= 0.3 is 0 Å². The highest BCUT2D eigenvalue weighted by Crippen LogP contribution is 2.27. The lowest BCUT2D eigenvalue weighted by Crippen LogP contribution is -2.32. The fourth-order valence-electron chi connectivity index (χ4n) is 3.09. The lowest BCUT2D eigenvalue weighted by Gasteiger charge is -2.30. The maximum Gasteiger partial charge on any atom is 0.238 e. The maximum absolute atomic E-state index is 11.9. The number of nitrogens with zero attached hydrogens (tertiary/aromatic N) is 1. The largest absolute Gasteiger partial charge is 0.325 e. The summed E-state index contributed by atoms with van der Waals surface area (Å²) in [5, 5.41) is 6.18. The zero-order valence-electron chi connectivity index (χ0n) is 14.2. The average molecular weight is 315 g/mol. The number of carbonyl (C=O) groups is 1. The topological polar surface area (TPSA) is 44.4 Å². The van der Waals surface area contributed by atoms with Crippen molar-refractivity contribution < 1.29 is 4.79 Å². The van der Waals surface area contributed by atoms with E-state index < -0.39 is 0 Å². The number of amides is 1. The number of piperidine rings is 1. The first kappa shape index (κ1) is 16.5. The molecule has 1 aromatic carbocycles. The average Bonchev–Trinajstić information content (AvgIpc) is 3.36. The van der Waals surface area contributed by atoms with E-state index in [4.69, 9.17) is 0 Å². The van der Waals surface area contributed by atoms with Crippen molar-refractivity contribution in [3.8, 4) is 0 Å². The van der Waals surface area contributed by atoms with E-state index in [1.54, 1.807) is 0 Å². The molecule has 2 aliphatic rings. The molecule has 0 bridgehead atoms. The summed E-state index contributed by atoms with van der Waals surface area (Å²) in [6.45, 7) is 7.14. The van der Waals surface area contributed by atoms with Crippen LogP contribution in [0.1, 0.15) is 38.2 Å². The van der Waals surface area contributed by atoms with E-state index in [0.717, 1.165) is 30.6 Å². The number of benzene rings is 1. The number of rotatable bonds is 7. The van der Waals surface area contributed by atoms with Crippen molar-refractivity contribution in [3.05, 3.63) is 29.8 Å². The Balaban J connectivity index is 1.40. The molecular formula is C19H29N3O. The molecule has 1 heterocycles. The van der Waals surface area contributed by atoms with Crippen LogP contribution in [0.5, 0.6) is 0 Å². The van der Waals surface area contributed by atoms with E-state index >= 15 is 0 Å². The van der Waals surface area contributed by atoms with E-state index in [-0.39, 0.29) is 5.91 Å². The summed E-state index contributed by atoms with van der Waals surface area (Å²) < 4.78 is 0. The normalized spacial score (nSPS) is 19.7. The molecular weight excluding hydrogens is 286 g/mol. The van der Waals surface area contributed by atoms with E-state index in [1.165, 1.54) is 44.3 Å². The number of hydrogen-bond acceptors (Lipinski definition) is 3. The van der Waals surface area contributed by atoms with Crippen LogP contribution in [0.3, 0.4) is 0 Å². The molecule has 2 fully saturated rings. The number of hydrogen-bond donors (Lipinski definition) is 2. The van der Waals surface area contributed by atoms with Gasteiger partial charge in [0, 0.05) is 12.2 Å². The van der Waals surface area contributed by atoms with Gasteiger partial charge in [0.05, 0.1) is 6.54 Å². The molecule has 1 aromatic rings. The Hall–Kier alpha value is -1.39. The van der Waals surface area contributed by atoms with Gasteiger partial charge in [-0.15, -0.1) is 0 Å². The summed E-state index contributed by atoms with van der Waals surface area (Å²) in [6, 6.07) is 8.29. The van der Waals surface area contributed by atoms with Crippen molar-refractivity contribution in [3.63, 3.8) is 0 Å². The fourth-order valence-corrected chi connectivity index (χ4v) is 3.09. The number of carbonyl (C=O) groups excluding carboxylic acids is 1. The second-order valence-electron chi connectivity index (χ2n) is 7.28. The summed E-state index contributed by atoms with van der Waals surface area (Å²) in [5.41, 5.74) is 2.21. The Bertz CT molecular complexity index is 502. The highest BCUT2D eigenvalue weighted by atomic mass is 16.1. The minimum absolute atomic E-state index is 0.0448. The van der Waals surface area contributed by atoms with Crippen molar-refractivity contribution in [1.82, 2.24) is 10.2 Å². The van der Waals surface area contributed by atoms with E-state index in [0.29, 0.717) is 6.54 Å². The number of likely N-dealkylation sites (tertiary alicyclic amines) is 1. The Morgan fingerprint density at radius 1 is 1.13 bits per heavy atom. The molecule has 0 spiro atoms. The van der Waals surface area contributed by atoms with Gasteiger partial charge in [0.2, 0.25) is 5.91 Å². The van der Waals surface area contributed by atoms with Gasteiger partial charge in [0.25, 0.3) is 0 Å². The molecule has 1 saturated heterocycles. The molecule has 0 radical (unpaired) electrons. The standard InChI is InChI=1S/C19H29N3O/c1-15-8-10-22(11-9-15)14-17-4-6-18(7-5-17)21-19(23)13-20-12-16-2-3-16/h4-7,15-16,20H,2-3,8-14H2,1H3,(H,21,23). The third kappa shape index (κ3) is 5.63. The van der Waals surface area contributed by atoms with Crippen LogP contribution in [0.2, 0.25) is 0 Å². The second kappa shape index (κ2) is 7.93. The van der Waals surface area contributed by atoms with Gasteiger partial charge in [-0.05, 0) is 74.8 Å². The predicted molar refractivity (Wildman–Crippen MR) is 94.3 cm³/mol. The Kier molecular flexibility index (Phi) is 5.68. The minimum atomic E-state index is 0.0448. The van der Waals surface area contributed by atoms with Crippen LogP contribution in [0.4, 0.5) is 5.69 Å². The Morgan fingerprint density at radius 2 is 1.83 bits per heavy atom. The van der Waals surface area contributed by atoms with Crippen LogP contribution >= 0.6 is 0 Å². The molecule has 1 saturated carbocycles. The van der Waals surface area contributed by atoms with Crippen LogP contribution in [-0.4, -0.2) is 37.0 Å². The SMILES string of the molecule is CC1CCN(Cc2ccc(NC(=O)CNCC3CC3)cc2)CC1. The van der Waals surface area contributed by atoms with Crippen molar-refractivity contribution >= 4 is 11.6 Å². The second-order valence-corrected chi connectivity index (χ2v) is 7.28. The van der Waals surface area contributed by atoms with Gasteiger partial charge in [0.1, 0.15) is 0 Å². The molecule has 4 nitrogen and oxygen atoms in total. The summed E-state index contributed by atoms with van der Waals surface area (Å²) in [4.78, 5) is 14.4. The first-order valence-corrected chi connectivity index (χ1v) is 9.01. The minimum Gasteiger partial charge on any atom is -0.325 e. The van der Waals surface area contributed by atoms with E-state index in [1.807, 2.05) is 12.1 Å². The van der Waals surface area contributed by atoms with E-state index in [9.17, 15) is 4.79 Å². The van der Waals surface area contributed by atoms with Crippen molar-refractivity contribution in [2.24, 2.45) is 11.8 Å². The monoisotopic (exact) mass is 315 g/mol. The van der Waals surface area contributed by atoms with Crippen molar-refractivity contribution in [2.75, 3.05) is 31.5 Å². The van der Waals surface area contributed by atoms with Gasteiger partial charge in [0.15, 0.2) is 0 Å². The van der Waals surface area contributed by atoms with Crippen LogP contribution < -0.4 is 10.6 Å². The van der Waals surface area contributed by atoms with Gasteiger partial charge in [-0.3, -0.25) is 9.69 Å². The molecule has 1 aliphatic carbocycles. The van der Waals surface area contributed by atoms with E-state index in [2.05, 4.69) is 34.6 Å². The molecule has 23 heavy (non-hydrogen) atoms. The molecule has 2 N–H and O–H groups in total. The Labute approximate surface area is 139 Å². The quantitative estimate of drug-likeness (QED) is 0.813. The molecule has 4 heteroatoms. The molecule has 126 valence electrons. The van der Waals surface area contributed by atoms with Gasteiger partial charge in [-0.25, -0.2) is 0 Å². The lowest BCUT2D eigenvalue weighted by molar-refractivity contribution is -0.115. The summed E-state index contributed by atoms with van der Waals surface area (Å²) in [6.07, 6.45) is 5.24. The van der Waals surface area contributed by atoms with Gasteiger partial charge in [-0.2, -0.15) is 0 Å². The van der Waals surface area contributed by atoms with Crippen LogP contribution in [0, 0.1) is 11.8 Å². The predicted octanol–water partition coefficient (Wildman–Crippen LogP) is 2.86. The third-order valence-corrected chi connectivity index (χ3v) is 4.94. The molecule has 0 aromatic heterocycles. The summed E-state index contributed by atoms with van der Waals surface area (Å²) in [7, 11) is 0. The third-order valence-electron chi connectivity index (χ3n) is 4.94. The molecule has 1 aliphatic heterocycles. The molecule has 0 unspecified atom stereocenters. The van der Waals surface area contributed by atoms with Crippen LogP contribution in [-0.2, 0) is 11.3 Å². The highest BCUT2D eigenvalue weighted by molar-refractivity contribution is 5.92. The summed E-state index contributed by atoms with van der Waals surface area (Å²) >= 11 is 0. The highest BCUT2D eigenvalue weighted by Gasteiger charge is 2.20. The molecule has 0 atom stereocenters. The zero-order valence-corrected chi connectivity index (χ0v) is 14.2. The molecule has 3 rings (SSSR count). The van der Waals surface area contributed by atoms with Crippen LogP contribution in [0.15, 0.2) is 24.3 Å². The van der Waals surface area contributed by atoms with Crippen LogP contribution in [0.25, 0.3) is 0 Å². The maximum atomic E-state index is 11.9. The lowest BCUT2D eigenvalue weighted by atomic mass is 9.99. The smallest absolute Gasteiger partial charge is 0.238 e. The van der Waals surface area contributed by atoms with Gasteiger partial charge in [-0.1, -0.05) is 19.1 Å². The van der Waals surface area contributed by atoms with Crippen molar-refractivity contribution in [1.29, 1.82) is 0 Å². The molecule has 1 amide bonds. The first-order chi connectivity index (χ1) is 11.2. The summed E-state index contributed by atoms with van der Waals surface area (Å²) in [5.74, 6) is 1.72. The fraction of sp³-hybridized carbons (Fsp3) is 0.632. The first-order valence-electron chi connectivity index (χ1n) is 9.01. The zero-order chi connectivity index (χ0) is 16.1.